The fourth-order valence-electron chi connectivity index (χ4n) is 2.22. The predicted octanol–water partition coefficient (Wildman–Crippen LogP) is -0.282. The summed E-state index contributed by atoms with van der Waals surface area (Å²) >= 11 is 0.999. The Balaban J connectivity index is 2.25. The molecule has 1 aliphatic carbocycles. The van der Waals surface area contributed by atoms with Crippen molar-refractivity contribution in [1.82, 2.24) is 4.90 Å². The molecule has 0 aromatic carbocycles. The Kier molecular flexibility index (Phi) is 1.76. The molecule has 1 saturated carbocycles. The molecule has 0 aromatic rings. The van der Waals surface area contributed by atoms with Crippen LogP contribution in [0, 0.1) is 0 Å². The molecule has 2 heterocycles. The fourth-order valence-corrected chi connectivity index (χ4v) is 3.27. The molecular formula is C9H5NO6S. The van der Waals surface area contributed by atoms with Crippen LogP contribution in [0.2, 0.25) is 0 Å². The number of carbonyl (C=O) groups is 4. The Labute approximate surface area is 98.4 Å². The fraction of sp³-hybridized carbons (Fsp3) is 0.333. The van der Waals surface area contributed by atoms with Gasteiger partial charge in [-0.3, -0.25) is 9.59 Å². The third-order valence-corrected chi connectivity index (χ3v) is 3.91. The van der Waals surface area contributed by atoms with E-state index in [2.05, 4.69) is 4.74 Å². The van der Waals surface area contributed by atoms with E-state index in [1.807, 2.05) is 0 Å². The number of fused-ring (bicyclic) bond motifs is 3. The Hall–Kier alpha value is -1.83. The Morgan fingerprint density at radius 1 is 1.53 bits per heavy atom. The van der Waals surface area contributed by atoms with Gasteiger partial charge >= 0.3 is 12.1 Å². The molecule has 2 atom stereocenters. The van der Waals surface area contributed by atoms with Crippen LogP contribution in [0.15, 0.2) is 11.0 Å². The standard InChI is InChI=1S/C9H5NO6S/c11-4-1-5(12)9(6(13)14)3(4)2-17-8-10(9)7(15)16-8/h2,8H,1H2,(H,13,14)/t8-,9?/m1/s1. The van der Waals surface area contributed by atoms with Gasteiger partial charge in [-0.05, 0) is 5.41 Å². The van der Waals surface area contributed by atoms with Crippen LogP contribution in [0.25, 0.3) is 0 Å². The summed E-state index contributed by atoms with van der Waals surface area (Å²) in [5.74, 6) is -2.85. The van der Waals surface area contributed by atoms with Crippen LogP contribution in [0.5, 0.6) is 0 Å². The van der Waals surface area contributed by atoms with E-state index in [0.29, 0.717) is 0 Å². The lowest BCUT2D eigenvalue weighted by atomic mass is 9.90. The Bertz CT molecular complexity index is 526. The maximum atomic E-state index is 11.8. The maximum Gasteiger partial charge on any atom is 0.417 e. The van der Waals surface area contributed by atoms with Gasteiger partial charge in [-0.15, -0.1) is 0 Å². The van der Waals surface area contributed by atoms with Crippen molar-refractivity contribution in [2.75, 3.05) is 0 Å². The van der Waals surface area contributed by atoms with Crippen molar-refractivity contribution in [3.63, 3.8) is 0 Å². The van der Waals surface area contributed by atoms with Gasteiger partial charge < -0.3 is 9.84 Å². The molecule has 0 aromatic heterocycles. The molecule has 1 saturated heterocycles. The van der Waals surface area contributed by atoms with Crippen LogP contribution in [0.1, 0.15) is 6.42 Å². The van der Waals surface area contributed by atoms with E-state index in [-0.39, 0.29) is 5.57 Å². The number of Topliss-reactive ketones (excluding diaryl/α,β-unsaturated/α-hetero) is 2. The maximum absolute atomic E-state index is 11.8. The van der Waals surface area contributed by atoms with Crippen LogP contribution in [-0.4, -0.2) is 44.7 Å². The average molecular weight is 255 g/mol. The van der Waals surface area contributed by atoms with Gasteiger partial charge in [0.15, 0.2) is 11.6 Å². The number of amides is 1. The number of ketones is 2. The molecule has 8 heteroatoms. The SMILES string of the molecule is O=C1CC(=O)C2(C(=O)O)C1=CS[C@H]1OC(=O)N12. The first-order chi connectivity index (χ1) is 7.99. The van der Waals surface area contributed by atoms with Crippen molar-refractivity contribution in [1.29, 1.82) is 0 Å². The largest absolute Gasteiger partial charge is 0.479 e. The van der Waals surface area contributed by atoms with E-state index in [9.17, 15) is 24.3 Å². The topological polar surface area (TPSA) is 101 Å². The van der Waals surface area contributed by atoms with E-state index < -0.39 is 41.1 Å². The number of hydrogen-bond acceptors (Lipinski definition) is 6. The summed E-state index contributed by atoms with van der Waals surface area (Å²) in [6.07, 6.45) is -1.38. The summed E-state index contributed by atoms with van der Waals surface area (Å²) < 4.78 is 4.69. The molecule has 0 radical (unpaired) electrons. The van der Waals surface area contributed by atoms with Gasteiger partial charge in [0.05, 0.1) is 6.42 Å². The summed E-state index contributed by atoms with van der Waals surface area (Å²) in [5.41, 5.74) is -3.15. The second-order valence-electron chi connectivity index (χ2n) is 3.77. The van der Waals surface area contributed by atoms with E-state index in [1.54, 1.807) is 0 Å². The van der Waals surface area contributed by atoms with Crippen molar-refractivity contribution in [2.24, 2.45) is 0 Å². The van der Waals surface area contributed by atoms with E-state index in [0.717, 1.165) is 16.7 Å². The minimum Gasteiger partial charge on any atom is -0.479 e. The minimum atomic E-state index is -2.16. The van der Waals surface area contributed by atoms with E-state index >= 15 is 0 Å². The van der Waals surface area contributed by atoms with Crippen molar-refractivity contribution < 1.29 is 29.0 Å². The summed E-state index contributed by atoms with van der Waals surface area (Å²) in [6.45, 7) is 0. The summed E-state index contributed by atoms with van der Waals surface area (Å²) in [4.78, 5) is 46.9. The molecular weight excluding hydrogens is 250 g/mol. The Morgan fingerprint density at radius 3 is 2.82 bits per heavy atom. The molecule has 2 aliphatic heterocycles. The number of carboxylic acid groups (broad SMARTS) is 1. The highest BCUT2D eigenvalue weighted by atomic mass is 32.2. The van der Waals surface area contributed by atoms with Gasteiger partial charge in [-0.2, -0.15) is 0 Å². The first kappa shape index (κ1) is 10.3. The van der Waals surface area contributed by atoms with Crippen molar-refractivity contribution in [3.8, 4) is 0 Å². The number of nitrogens with zero attached hydrogens (tertiary/aromatic N) is 1. The lowest BCUT2D eigenvalue weighted by Gasteiger charge is -2.48. The highest BCUT2D eigenvalue weighted by Gasteiger charge is 2.69. The van der Waals surface area contributed by atoms with E-state index in [4.69, 9.17) is 0 Å². The molecule has 88 valence electrons. The van der Waals surface area contributed by atoms with Gasteiger partial charge in [-0.1, -0.05) is 11.8 Å². The molecule has 0 spiro atoms. The number of rotatable bonds is 1. The zero-order valence-corrected chi connectivity index (χ0v) is 9.02. The molecule has 1 unspecified atom stereocenters. The van der Waals surface area contributed by atoms with Crippen LogP contribution >= 0.6 is 11.8 Å². The van der Waals surface area contributed by atoms with Gasteiger partial charge in [0.2, 0.25) is 11.1 Å². The van der Waals surface area contributed by atoms with E-state index in [1.165, 1.54) is 5.41 Å². The van der Waals surface area contributed by atoms with Gasteiger partial charge in [0.25, 0.3) is 0 Å². The number of thioether (sulfide) groups is 1. The first-order valence-corrected chi connectivity index (χ1v) is 5.60. The lowest BCUT2D eigenvalue weighted by molar-refractivity contribution is -0.165. The molecule has 7 nitrogen and oxygen atoms in total. The summed E-state index contributed by atoms with van der Waals surface area (Å²) in [5, 5.41) is 10.6. The second kappa shape index (κ2) is 2.89. The van der Waals surface area contributed by atoms with Crippen LogP contribution in [0.3, 0.4) is 0 Å². The molecule has 1 N–H and O–H groups in total. The molecule has 3 aliphatic rings. The zero-order chi connectivity index (χ0) is 12.4. The summed E-state index contributed by atoms with van der Waals surface area (Å²) in [6, 6.07) is 0. The molecule has 17 heavy (non-hydrogen) atoms. The van der Waals surface area contributed by atoms with Crippen LogP contribution in [0.4, 0.5) is 4.79 Å². The lowest BCUT2D eigenvalue weighted by Crippen LogP contribution is -2.71. The second-order valence-corrected chi connectivity index (χ2v) is 4.68. The summed E-state index contributed by atoms with van der Waals surface area (Å²) in [7, 11) is 0. The molecule has 0 bridgehead atoms. The normalized spacial score (nSPS) is 34.6. The highest BCUT2D eigenvalue weighted by molar-refractivity contribution is 8.02. The van der Waals surface area contributed by atoms with Crippen LogP contribution < -0.4 is 0 Å². The van der Waals surface area contributed by atoms with Crippen molar-refractivity contribution in [2.45, 2.75) is 17.5 Å². The number of aliphatic carboxylic acids is 1. The molecule has 2 fully saturated rings. The number of hydrogen-bond donors (Lipinski definition) is 1. The monoisotopic (exact) mass is 255 g/mol. The van der Waals surface area contributed by atoms with Crippen molar-refractivity contribution in [3.05, 3.63) is 11.0 Å². The van der Waals surface area contributed by atoms with Crippen LogP contribution in [-0.2, 0) is 19.1 Å². The number of ether oxygens (including phenoxy) is 1. The van der Waals surface area contributed by atoms with Gasteiger partial charge in [0.1, 0.15) is 0 Å². The predicted molar refractivity (Wildman–Crippen MR) is 52.8 cm³/mol. The Morgan fingerprint density at radius 2 is 2.24 bits per heavy atom. The van der Waals surface area contributed by atoms with Crippen molar-refractivity contribution >= 4 is 35.4 Å². The van der Waals surface area contributed by atoms with Gasteiger partial charge in [0, 0.05) is 5.57 Å². The van der Waals surface area contributed by atoms with Gasteiger partial charge in [-0.25, -0.2) is 14.5 Å². The number of carboxylic acids is 1. The quantitative estimate of drug-likeness (QED) is 0.643. The number of carbonyl (C=O) groups excluding carboxylic acids is 3. The third-order valence-electron chi connectivity index (χ3n) is 3.00. The third kappa shape index (κ3) is 0.943. The average Bonchev–Trinajstić information content (AvgIpc) is 2.49. The first-order valence-electron chi connectivity index (χ1n) is 4.65. The smallest absolute Gasteiger partial charge is 0.417 e. The zero-order valence-electron chi connectivity index (χ0n) is 8.21. The highest BCUT2D eigenvalue weighted by Crippen LogP contribution is 2.48. The molecule has 1 amide bonds. The molecule has 3 rings (SSSR count). The minimum absolute atomic E-state index is 0.145.